The lowest BCUT2D eigenvalue weighted by molar-refractivity contribution is 0.372. The lowest BCUT2D eigenvalue weighted by Gasteiger charge is -2.36. The highest BCUT2D eigenvalue weighted by atomic mass is 19.2. The van der Waals surface area contributed by atoms with Gasteiger partial charge in [0.2, 0.25) is 0 Å². The summed E-state index contributed by atoms with van der Waals surface area (Å²) in [6.45, 7) is 1.58. The molecule has 1 unspecified atom stereocenters. The van der Waals surface area contributed by atoms with Crippen LogP contribution in [0.25, 0.3) is 0 Å². The number of hydrogen-bond acceptors (Lipinski definition) is 2. The van der Waals surface area contributed by atoms with Crippen molar-refractivity contribution in [3.63, 3.8) is 0 Å². The molecule has 4 heteroatoms. The zero-order valence-corrected chi connectivity index (χ0v) is 11.7. The van der Waals surface area contributed by atoms with Crippen molar-refractivity contribution < 1.29 is 8.78 Å². The van der Waals surface area contributed by atoms with Gasteiger partial charge < -0.3 is 10.2 Å². The minimum Gasteiger partial charge on any atom is -0.368 e. The van der Waals surface area contributed by atoms with Crippen molar-refractivity contribution in [3.05, 3.63) is 29.8 Å². The average molecular weight is 280 g/mol. The molecule has 1 heterocycles. The molecule has 2 nitrogen and oxygen atoms in total. The first kappa shape index (κ1) is 13.8. The molecule has 1 atom stereocenters. The van der Waals surface area contributed by atoms with Crippen LogP contribution in [0, 0.1) is 11.6 Å². The highest BCUT2D eigenvalue weighted by Gasteiger charge is 2.25. The van der Waals surface area contributed by atoms with E-state index in [1.807, 2.05) is 4.90 Å². The predicted molar refractivity (Wildman–Crippen MR) is 77.0 cm³/mol. The Morgan fingerprint density at radius 3 is 2.55 bits per heavy atom. The largest absolute Gasteiger partial charge is 0.368 e. The summed E-state index contributed by atoms with van der Waals surface area (Å²) in [6, 6.07) is 5.46. The Hall–Kier alpha value is -1.16. The van der Waals surface area contributed by atoms with E-state index in [0.717, 1.165) is 25.9 Å². The third kappa shape index (κ3) is 2.95. The van der Waals surface area contributed by atoms with Crippen molar-refractivity contribution in [3.8, 4) is 0 Å². The zero-order chi connectivity index (χ0) is 13.9. The Morgan fingerprint density at radius 2 is 1.75 bits per heavy atom. The van der Waals surface area contributed by atoms with Crippen LogP contribution in [-0.2, 0) is 0 Å². The zero-order valence-electron chi connectivity index (χ0n) is 11.7. The van der Waals surface area contributed by atoms with Crippen molar-refractivity contribution in [2.75, 3.05) is 18.0 Å². The molecule has 1 saturated carbocycles. The lowest BCUT2D eigenvalue weighted by atomic mass is 10.0. The van der Waals surface area contributed by atoms with Crippen molar-refractivity contribution in [2.45, 2.75) is 50.6 Å². The summed E-state index contributed by atoms with van der Waals surface area (Å²) < 4.78 is 27.2. The van der Waals surface area contributed by atoms with Gasteiger partial charge in [-0.2, -0.15) is 0 Å². The van der Waals surface area contributed by atoms with Gasteiger partial charge in [0.15, 0.2) is 11.6 Å². The van der Waals surface area contributed by atoms with E-state index in [0.29, 0.717) is 17.8 Å². The van der Waals surface area contributed by atoms with Crippen LogP contribution in [0.1, 0.15) is 38.5 Å². The fourth-order valence-corrected chi connectivity index (χ4v) is 3.49. The Bertz CT molecular complexity index is 458. The topological polar surface area (TPSA) is 15.3 Å². The van der Waals surface area contributed by atoms with Gasteiger partial charge in [0.1, 0.15) is 0 Å². The lowest BCUT2D eigenvalue weighted by Crippen LogP contribution is -2.48. The second-order valence-electron chi connectivity index (χ2n) is 6.01. The Labute approximate surface area is 119 Å². The maximum Gasteiger partial charge on any atom is 0.182 e. The highest BCUT2D eigenvalue weighted by Crippen LogP contribution is 2.26. The second kappa shape index (κ2) is 6.08. The third-order valence-corrected chi connectivity index (χ3v) is 4.52. The monoisotopic (exact) mass is 280 g/mol. The predicted octanol–water partition coefficient (Wildman–Crippen LogP) is 3.47. The van der Waals surface area contributed by atoms with E-state index >= 15 is 0 Å². The van der Waals surface area contributed by atoms with Crippen LogP contribution in [0.3, 0.4) is 0 Å². The normalized spacial score (nSPS) is 24.3. The minimum absolute atomic E-state index is 0.398. The maximum absolute atomic E-state index is 13.9. The number of halogens is 2. The molecule has 20 heavy (non-hydrogen) atoms. The average Bonchev–Trinajstić information content (AvgIpc) is 2.95. The molecule has 0 bridgehead atoms. The van der Waals surface area contributed by atoms with Gasteiger partial charge in [0.25, 0.3) is 0 Å². The standard InChI is InChI=1S/C16H22F2N2/c17-14-8-3-9-15(16(14)18)20-10-4-7-13(11-20)19-12-5-1-2-6-12/h3,8-9,12-13,19H,1-2,4-7,10-11H2. The summed E-state index contributed by atoms with van der Waals surface area (Å²) in [5.74, 6) is -1.47. The van der Waals surface area contributed by atoms with Gasteiger partial charge in [-0.3, -0.25) is 0 Å². The molecule has 0 radical (unpaired) electrons. The molecule has 2 aliphatic rings. The highest BCUT2D eigenvalue weighted by molar-refractivity contribution is 5.48. The van der Waals surface area contributed by atoms with Gasteiger partial charge >= 0.3 is 0 Å². The van der Waals surface area contributed by atoms with Crippen LogP contribution in [-0.4, -0.2) is 25.2 Å². The van der Waals surface area contributed by atoms with Gasteiger partial charge in [0.05, 0.1) is 5.69 Å². The van der Waals surface area contributed by atoms with Crippen molar-refractivity contribution >= 4 is 5.69 Å². The van der Waals surface area contributed by atoms with Crippen LogP contribution in [0.4, 0.5) is 14.5 Å². The molecule has 3 rings (SSSR count). The summed E-state index contributed by atoms with van der Waals surface area (Å²) in [6.07, 6.45) is 7.29. The van der Waals surface area contributed by atoms with E-state index < -0.39 is 11.6 Å². The molecule has 0 amide bonds. The number of piperidine rings is 1. The maximum atomic E-state index is 13.9. The molecular formula is C16H22F2N2. The summed E-state index contributed by atoms with van der Waals surface area (Å²) in [4.78, 5) is 1.98. The molecule has 1 N–H and O–H groups in total. The summed E-state index contributed by atoms with van der Waals surface area (Å²) >= 11 is 0. The minimum atomic E-state index is -0.756. The van der Waals surface area contributed by atoms with Crippen LogP contribution in [0.15, 0.2) is 18.2 Å². The second-order valence-corrected chi connectivity index (χ2v) is 6.01. The molecule has 1 aliphatic heterocycles. The first-order valence-corrected chi connectivity index (χ1v) is 7.69. The Kier molecular flexibility index (Phi) is 4.20. The van der Waals surface area contributed by atoms with Crippen LogP contribution < -0.4 is 10.2 Å². The van der Waals surface area contributed by atoms with E-state index in [2.05, 4.69) is 5.32 Å². The number of anilines is 1. The molecule has 2 fully saturated rings. The Balaban J connectivity index is 1.66. The molecule has 0 aromatic heterocycles. The third-order valence-electron chi connectivity index (χ3n) is 4.52. The summed E-state index contributed by atoms with van der Waals surface area (Å²) in [7, 11) is 0. The first-order chi connectivity index (χ1) is 9.74. The number of rotatable bonds is 3. The summed E-state index contributed by atoms with van der Waals surface area (Å²) in [5, 5.41) is 3.69. The van der Waals surface area contributed by atoms with Crippen molar-refractivity contribution in [1.29, 1.82) is 0 Å². The molecule has 1 aromatic carbocycles. The quantitative estimate of drug-likeness (QED) is 0.912. The Morgan fingerprint density at radius 1 is 1.00 bits per heavy atom. The van der Waals surface area contributed by atoms with Gasteiger partial charge in [-0.15, -0.1) is 0 Å². The molecule has 0 spiro atoms. The fourth-order valence-electron chi connectivity index (χ4n) is 3.49. The van der Waals surface area contributed by atoms with Gasteiger partial charge in [-0.05, 0) is 37.8 Å². The number of benzene rings is 1. The van der Waals surface area contributed by atoms with Crippen molar-refractivity contribution in [2.24, 2.45) is 0 Å². The van der Waals surface area contributed by atoms with Gasteiger partial charge in [-0.25, -0.2) is 8.78 Å². The number of hydrogen-bond donors (Lipinski definition) is 1. The molecule has 1 aromatic rings. The van der Waals surface area contributed by atoms with E-state index in [-0.39, 0.29) is 0 Å². The molecule has 1 aliphatic carbocycles. The van der Waals surface area contributed by atoms with E-state index in [1.54, 1.807) is 12.1 Å². The van der Waals surface area contributed by atoms with Gasteiger partial charge in [0, 0.05) is 25.2 Å². The number of nitrogens with zero attached hydrogens (tertiary/aromatic N) is 1. The van der Waals surface area contributed by atoms with E-state index in [1.165, 1.54) is 31.7 Å². The molecule has 110 valence electrons. The first-order valence-electron chi connectivity index (χ1n) is 7.69. The van der Waals surface area contributed by atoms with Crippen molar-refractivity contribution in [1.82, 2.24) is 5.32 Å². The SMILES string of the molecule is Fc1cccc(N2CCCC(NC3CCCC3)C2)c1F. The molecule has 1 saturated heterocycles. The number of nitrogens with one attached hydrogen (secondary N) is 1. The van der Waals surface area contributed by atoms with Crippen LogP contribution >= 0.6 is 0 Å². The smallest absolute Gasteiger partial charge is 0.182 e. The fraction of sp³-hybridized carbons (Fsp3) is 0.625. The van der Waals surface area contributed by atoms with E-state index in [4.69, 9.17) is 0 Å². The summed E-state index contributed by atoms with van der Waals surface area (Å²) in [5.41, 5.74) is 0.405. The molecular weight excluding hydrogens is 258 g/mol. The van der Waals surface area contributed by atoms with E-state index in [9.17, 15) is 8.78 Å². The van der Waals surface area contributed by atoms with Crippen LogP contribution in [0.2, 0.25) is 0 Å². The van der Waals surface area contributed by atoms with Crippen LogP contribution in [0.5, 0.6) is 0 Å². The van der Waals surface area contributed by atoms with Gasteiger partial charge in [-0.1, -0.05) is 18.9 Å².